The van der Waals surface area contributed by atoms with Crippen molar-refractivity contribution in [2.45, 2.75) is 20.0 Å². The van der Waals surface area contributed by atoms with E-state index in [1.807, 2.05) is 12.1 Å². The van der Waals surface area contributed by atoms with Gasteiger partial charge in [0.25, 0.3) is 0 Å². The van der Waals surface area contributed by atoms with E-state index in [9.17, 15) is 0 Å². The van der Waals surface area contributed by atoms with E-state index in [4.69, 9.17) is 4.74 Å². The van der Waals surface area contributed by atoms with Crippen LogP contribution in [0.15, 0.2) is 103 Å². The van der Waals surface area contributed by atoms with Crippen LogP contribution in [0.5, 0.6) is 5.75 Å². The van der Waals surface area contributed by atoms with E-state index >= 15 is 0 Å². The van der Waals surface area contributed by atoms with Gasteiger partial charge in [-0.3, -0.25) is 0 Å². The van der Waals surface area contributed by atoms with Crippen LogP contribution < -0.4 is 4.74 Å². The maximum atomic E-state index is 6.10. The molecule has 2 unspecified atom stereocenters. The van der Waals surface area contributed by atoms with Crippen LogP contribution in [-0.4, -0.2) is 0 Å². The predicted octanol–water partition coefficient (Wildman–Crippen LogP) is 7.23. The van der Waals surface area contributed by atoms with Crippen molar-refractivity contribution >= 4 is 12.2 Å². The number of hydrogen-bond donors (Lipinski definition) is 0. The molecule has 0 aromatic heterocycles. The highest BCUT2D eigenvalue weighted by Gasteiger charge is 2.56. The summed E-state index contributed by atoms with van der Waals surface area (Å²) in [7, 11) is 0. The van der Waals surface area contributed by atoms with Crippen molar-refractivity contribution in [1.29, 1.82) is 0 Å². The van der Waals surface area contributed by atoms with Crippen LogP contribution in [0.1, 0.15) is 28.7 Å². The summed E-state index contributed by atoms with van der Waals surface area (Å²) in [5, 5.41) is 0. The zero-order valence-electron chi connectivity index (χ0n) is 17.3. The standard InChI is InChI=1S/C29H26O/c1-3-27-21(2)8-6-10-24(27)20-30-26-12-7-9-22(18-26)13-14-23-15-16-25-11-4-5-17-29(25)19-28(23)29/h3-18,28H,1,19-20H2,2H3/b14-13+. The molecule has 1 fully saturated rings. The molecule has 2 aromatic carbocycles. The van der Waals surface area contributed by atoms with Crippen LogP contribution in [0.2, 0.25) is 0 Å². The van der Waals surface area contributed by atoms with Crippen molar-refractivity contribution in [2.75, 3.05) is 0 Å². The largest absolute Gasteiger partial charge is 0.489 e. The highest BCUT2D eigenvalue weighted by molar-refractivity contribution is 5.61. The molecule has 3 aliphatic rings. The number of allylic oxidation sites excluding steroid dienone is 9. The van der Waals surface area contributed by atoms with Gasteiger partial charge in [-0.2, -0.15) is 0 Å². The topological polar surface area (TPSA) is 9.23 Å². The van der Waals surface area contributed by atoms with Gasteiger partial charge in [-0.05, 0) is 64.8 Å². The SMILES string of the molecule is C=Cc1c(C)cccc1COc1cccc(/C=C/C2=CC=C3C=CC=CC34CC24)c1. The molecule has 0 aliphatic heterocycles. The van der Waals surface area contributed by atoms with E-state index in [0.717, 1.165) is 22.4 Å². The van der Waals surface area contributed by atoms with Crippen molar-refractivity contribution in [2.24, 2.45) is 11.3 Å². The van der Waals surface area contributed by atoms with Gasteiger partial charge in [0.15, 0.2) is 0 Å². The fraction of sp³-hybridized carbons (Fsp3) is 0.172. The van der Waals surface area contributed by atoms with Crippen LogP contribution in [-0.2, 0) is 6.61 Å². The lowest BCUT2D eigenvalue weighted by Gasteiger charge is -2.21. The third-order valence-electron chi connectivity index (χ3n) is 6.52. The molecule has 1 heteroatoms. The fourth-order valence-corrected chi connectivity index (χ4v) is 4.74. The lowest BCUT2D eigenvalue weighted by atomic mass is 9.83. The number of rotatable bonds is 6. The molecule has 0 bridgehead atoms. The summed E-state index contributed by atoms with van der Waals surface area (Å²) in [6.45, 7) is 6.59. The normalized spacial score (nSPS) is 23.4. The highest BCUT2D eigenvalue weighted by atomic mass is 16.5. The van der Waals surface area contributed by atoms with Crippen LogP contribution in [0.4, 0.5) is 0 Å². The molecule has 2 aromatic rings. The quantitative estimate of drug-likeness (QED) is 0.505. The minimum Gasteiger partial charge on any atom is -0.489 e. The number of aryl methyl sites for hydroxylation is 1. The van der Waals surface area contributed by atoms with E-state index in [1.165, 1.54) is 23.1 Å². The van der Waals surface area contributed by atoms with Crippen LogP contribution >= 0.6 is 0 Å². The Bertz CT molecular complexity index is 1150. The third-order valence-corrected chi connectivity index (χ3v) is 6.52. The van der Waals surface area contributed by atoms with Crippen molar-refractivity contribution < 1.29 is 4.74 Å². The second-order valence-corrected chi connectivity index (χ2v) is 8.35. The van der Waals surface area contributed by atoms with Gasteiger partial charge >= 0.3 is 0 Å². The first-order valence-electron chi connectivity index (χ1n) is 10.6. The highest BCUT2D eigenvalue weighted by Crippen LogP contribution is 2.65. The van der Waals surface area contributed by atoms with E-state index < -0.39 is 0 Å². The lowest BCUT2D eigenvalue weighted by molar-refractivity contribution is 0.306. The fourth-order valence-electron chi connectivity index (χ4n) is 4.74. The average molecular weight is 391 g/mol. The zero-order chi connectivity index (χ0) is 20.6. The number of benzene rings is 2. The van der Waals surface area contributed by atoms with E-state index in [2.05, 4.69) is 98.5 Å². The monoisotopic (exact) mass is 390 g/mol. The van der Waals surface area contributed by atoms with Crippen molar-refractivity contribution in [3.8, 4) is 5.75 Å². The molecule has 1 nitrogen and oxygen atoms in total. The number of hydrogen-bond acceptors (Lipinski definition) is 1. The van der Waals surface area contributed by atoms with Gasteiger partial charge < -0.3 is 4.74 Å². The van der Waals surface area contributed by atoms with Crippen LogP contribution in [0.25, 0.3) is 12.2 Å². The Kier molecular flexibility index (Phi) is 4.67. The van der Waals surface area contributed by atoms with Gasteiger partial charge in [0.1, 0.15) is 12.4 Å². The molecule has 1 spiro atoms. The Balaban J connectivity index is 1.29. The van der Waals surface area contributed by atoms with Gasteiger partial charge in [-0.1, -0.05) is 91.6 Å². The van der Waals surface area contributed by atoms with Gasteiger partial charge in [-0.25, -0.2) is 0 Å². The summed E-state index contributed by atoms with van der Waals surface area (Å²) in [4.78, 5) is 0. The minimum absolute atomic E-state index is 0.269. The molecule has 5 rings (SSSR count). The van der Waals surface area contributed by atoms with Crippen molar-refractivity contribution in [1.82, 2.24) is 0 Å². The summed E-state index contributed by atoms with van der Waals surface area (Å²) in [5.74, 6) is 1.50. The summed E-state index contributed by atoms with van der Waals surface area (Å²) in [6.07, 6.45) is 21.1. The zero-order valence-corrected chi connectivity index (χ0v) is 17.3. The smallest absolute Gasteiger partial charge is 0.120 e. The van der Waals surface area contributed by atoms with Crippen molar-refractivity contribution in [3.05, 3.63) is 125 Å². The van der Waals surface area contributed by atoms with Crippen LogP contribution in [0.3, 0.4) is 0 Å². The molecule has 0 saturated heterocycles. The maximum absolute atomic E-state index is 6.10. The first-order valence-corrected chi connectivity index (χ1v) is 10.6. The predicted molar refractivity (Wildman–Crippen MR) is 126 cm³/mol. The molecule has 0 heterocycles. The molecular weight excluding hydrogens is 364 g/mol. The summed E-state index contributed by atoms with van der Waals surface area (Å²) < 4.78 is 6.10. The van der Waals surface area contributed by atoms with Gasteiger partial charge in [0.05, 0.1) is 0 Å². The van der Waals surface area contributed by atoms with Crippen molar-refractivity contribution in [3.63, 3.8) is 0 Å². The first kappa shape index (κ1) is 18.7. The second kappa shape index (κ2) is 7.50. The molecule has 30 heavy (non-hydrogen) atoms. The molecular formula is C29H26O. The molecule has 3 aliphatic carbocycles. The molecule has 0 radical (unpaired) electrons. The molecule has 148 valence electrons. The van der Waals surface area contributed by atoms with Gasteiger partial charge in [-0.15, -0.1) is 0 Å². The van der Waals surface area contributed by atoms with Gasteiger partial charge in [0.2, 0.25) is 0 Å². The van der Waals surface area contributed by atoms with E-state index in [-0.39, 0.29) is 5.41 Å². The Labute approximate surface area is 179 Å². The summed E-state index contributed by atoms with van der Waals surface area (Å²) >= 11 is 0. The minimum atomic E-state index is 0.269. The maximum Gasteiger partial charge on any atom is 0.120 e. The molecule has 2 atom stereocenters. The van der Waals surface area contributed by atoms with E-state index in [0.29, 0.717) is 12.5 Å². The Morgan fingerprint density at radius 2 is 2.00 bits per heavy atom. The molecule has 0 amide bonds. The molecule has 1 saturated carbocycles. The lowest BCUT2D eigenvalue weighted by Crippen LogP contribution is -2.09. The Morgan fingerprint density at radius 3 is 2.90 bits per heavy atom. The summed E-state index contributed by atoms with van der Waals surface area (Å²) in [5.41, 5.74) is 7.85. The Morgan fingerprint density at radius 1 is 1.10 bits per heavy atom. The first-order chi connectivity index (χ1) is 14.7. The van der Waals surface area contributed by atoms with Crippen LogP contribution in [0, 0.1) is 18.3 Å². The molecule has 0 N–H and O–H groups in total. The summed E-state index contributed by atoms with van der Waals surface area (Å²) in [6, 6.07) is 14.6. The Hall–Kier alpha value is -3.32. The van der Waals surface area contributed by atoms with E-state index in [1.54, 1.807) is 0 Å². The third kappa shape index (κ3) is 3.31. The number of ether oxygens (including phenoxy) is 1. The average Bonchev–Trinajstić information content (AvgIpc) is 3.50. The second-order valence-electron chi connectivity index (χ2n) is 8.35. The van der Waals surface area contributed by atoms with Gasteiger partial charge in [0, 0.05) is 5.41 Å².